The summed E-state index contributed by atoms with van der Waals surface area (Å²) in [6.45, 7) is 10.7. The maximum Gasteiger partial charge on any atom is 0.181 e. The van der Waals surface area contributed by atoms with Gasteiger partial charge in [0.05, 0.1) is 0 Å². The topological polar surface area (TPSA) is 17.1 Å². The number of allylic oxidation sites excluding steroid dienone is 2. The number of hydrogen-bond acceptors (Lipinski definition) is 1. The minimum atomic E-state index is -1.92. The first kappa shape index (κ1) is 13.3. The fourth-order valence-corrected chi connectivity index (χ4v) is 2.47. The number of rotatable bonds is 1. The summed E-state index contributed by atoms with van der Waals surface area (Å²) < 4.78 is 0. The van der Waals surface area contributed by atoms with Gasteiger partial charge >= 0.3 is 0 Å². The fourth-order valence-electron chi connectivity index (χ4n) is 1.42. The SMILES string of the molecule is CC(C)(C)[Si](C)(C)C(=O)C#CC1=CCCC1. The number of carbonyl (C=O) groups excluding carboxylic acids is 1. The highest BCUT2D eigenvalue weighted by molar-refractivity contribution is 7.08. The smallest absolute Gasteiger partial charge is 0.181 e. The Morgan fingerprint density at radius 3 is 2.44 bits per heavy atom. The molecule has 0 N–H and O–H groups in total. The summed E-state index contributed by atoms with van der Waals surface area (Å²) in [5.74, 6) is 5.93. The molecule has 0 atom stereocenters. The Morgan fingerprint density at radius 1 is 1.38 bits per heavy atom. The van der Waals surface area contributed by atoms with Gasteiger partial charge in [0, 0.05) is 0 Å². The van der Waals surface area contributed by atoms with Crippen LogP contribution in [-0.4, -0.2) is 13.5 Å². The Kier molecular flexibility index (Phi) is 3.80. The summed E-state index contributed by atoms with van der Waals surface area (Å²) in [6, 6.07) is 0. The molecule has 1 aliphatic carbocycles. The van der Waals surface area contributed by atoms with Crippen LogP contribution in [0.2, 0.25) is 18.1 Å². The first-order valence-corrected chi connectivity index (χ1v) is 9.00. The van der Waals surface area contributed by atoms with Crippen molar-refractivity contribution in [3.05, 3.63) is 11.6 Å². The third-order valence-corrected chi connectivity index (χ3v) is 8.83. The van der Waals surface area contributed by atoms with Crippen molar-refractivity contribution in [1.29, 1.82) is 0 Å². The summed E-state index contributed by atoms with van der Waals surface area (Å²) in [4.78, 5) is 12.1. The van der Waals surface area contributed by atoms with Gasteiger partial charge < -0.3 is 0 Å². The van der Waals surface area contributed by atoms with Crippen LogP contribution in [-0.2, 0) is 4.79 Å². The molecule has 0 saturated carbocycles. The molecule has 0 amide bonds. The van der Waals surface area contributed by atoms with Crippen molar-refractivity contribution in [1.82, 2.24) is 0 Å². The zero-order chi connectivity index (χ0) is 12.4. The van der Waals surface area contributed by atoms with Crippen molar-refractivity contribution in [2.75, 3.05) is 0 Å². The van der Waals surface area contributed by atoms with E-state index in [0.717, 1.165) is 18.4 Å². The van der Waals surface area contributed by atoms with Gasteiger partial charge in [-0.25, -0.2) is 0 Å². The van der Waals surface area contributed by atoms with E-state index in [0.29, 0.717) is 0 Å². The van der Waals surface area contributed by atoms with Crippen LogP contribution in [0.4, 0.5) is 0 Å². The van der Waals surface area contributed by atoms with Crippen LogP contribution in [0.1, 0.15) is 40.0 Å². The predicted molar refractivity (Wildman–Crippen MR) is 71.9 cm³/mol. The molecule has 16 heavy (non-hydrogen) atoms. The summed E-state index contributed by atoms with van der Waals surface area (Å²) >= 11 is 0. The Hall–Kier alpha value is -0.813. The molecule has 0 bridgehead atoms. The fraction of sp³-hybridized carbons (Fsp3) is 0.643. The molecule has 0 radical (unpaired) electrons. The summed E-state index contributed by atoms with van der Waals surface area (Å²) in [5.41, 5.74) is 1.16. The van der Waals surface area contributed by atoms with Crippen LogP contribution in [0.15, 0.2) is 11.6 Å². The van der Waals surface area contributed by atoms with E-state index in [1.54, 1.807) is 0 Å². The summed E-state index contributed by atoms with van der Waals surface area (Å²) in [7, 11) is -1.92. The highest BCUT2D eigenvalue weighted by Gasteiger charge is 2.41. The molecule has 0 aliphatic heterocycles. The first-order chi connectivity index (χ1) is 7.25. The van der Waals surface area contributed by atoms with Gasteiger partial charge in [-0.05, 0) is 35.8 Å². The average Bonchev–Trinajstić information content (AvgIpc) is 2.64. The number of carbonyl (C=O) groups is 1. The standard InChI is InChI=1S/C14H22OSi/c1-14(2,3)16(4,5)13(15)11-10-12-8-6-7-9-12/h8H,6-7,9H2,1-5H3. The van der Waals surface area contributed by atoms with E-state index in [1.807, 2.05) is 0 Å². The first-order valence-electron chi connectivity index (χ1n) is 6.00. The van der Waals surface area contributed by atoms with E-state index >= 15 is 0 Å². The second kappa shape index (κ2) is 4.59. The van der Waals surface area contributed by atoms with Crippen LogP contribution in [0.5, 0.6) is 0 Å². The quantitative estimate of drug-likeness (QED) is 0.499. The van der Waals surface area contributed by atoms with E-state index in [1.165, 1.54) is 6.42 Å². The lowest BCUT2D eigenvalue weighted by molar-refractivity contribution is -0.108. The van der Waals surface area contributed by atoms with Gasteiger partial charge in [0.1, 0.15) is 8.07 Å². The summed E-state index contributed by atoms with van der Waals surface area (Å²) in [6.07, 6.45) is 5.53. The predicted octanol–water partition coefficient (Wildman–Crippen LogP) is 3.72. The van der Waals surface area contributed by atoms with Crippen molar-refractivity contribution in [3.8, 4) is 11.8 Å². The molecule has 0 aromatic rings. The lowest BCUT2D eigenvalue weighted by Gasteiger charge is -2.33. The van der Waals surface area contributed by atoms with Gasteiger partial charge in [-0.15, -0.1) is 0 Å². The maximum atomic E-state index is 12.1. The molecule has 0 heterocycles. The highest BCUT2D eigenvalue weighted by Crippen LogP contribution is 2.36. The van der Waals surface area contributed by atoms with Crippen LogP contribution in [0, 0.1) is 11.8 Å². The van der Waals surface area contributed by atoms with E-state index in [4.69, 9.17) is 0 Å². The van der Waals surface area contributed by atoms with Crippen molar-refractivity contribution >= 4 is 13.5 Å². The summed E-state index contributed by atoms with van der Waals surface area (Å²) in [5, 5.41) is 0.274. The molecule has 0 aromatic heterocycles. The van der Waals surface area contributed by atoms with Gasteiger partial charge in [-0.1, -0.05) is 45.9 Å². The third-order valence-electron chi connectivity index (χ3n) is 3.82. The maximum absolute atomic E-state index is 12.1. The van der Waals surface area contributed by atoms with Gasteiger partial charge in [0.2, 0.25) is 0 Å². The highest BCUT2D eigenvalue weighted by atomic mass is 28.3. The van der Waals surface area contributed by atoms with E-state index in [9.17, 15) is 4.79 Å². The van der Waals surface area contributed by atoms with E-state index < -0.39 is 8.07 Å². The Morgan fingerprint density at radius 2 is 2.00 bits per heavy atom. The van der Waals surface area contributed by atoms with Crippen LogP contribution in [0.25, 0.3) is 0 Å². The largest absolute Gasteiger partial charge is 0.291 e. The monoisotopic (exact) mass is 234 g/mol. The van der Waals surface area contributed by atoms with Crippen molar-refractivity contribution in [2.45, 2.75) is 58.2 Å². The van der Waals surface area contributed by atoms with Gasteiger partial charge in [0.15, 0.2) is 5.41 Å². The average molecular weight is 234 g/mol. The molecule has 0 aromatic carbocycles. The molecule has 1 rings (SSSR count). The van der Waals surface area contributed by atoms with E-state index in [-0.39, 0.29) is 10.4 Å². The molecule has 1 aliphatic rings. The molecule has 2 heteroatoms. The minimum absolute atomic E-state index is 0.0861. The lowest BCUT2D eigenvalue weighted by Crippen LogP contribution is -2.45. The van der Waals surface area contributed by atoms with Crippen molar-refractivity contribution in [2.24, 2.45) is 0 Å². The Bertz CT molecular complexity index is 372. The Labute approximate surface area is 100 Å². The number of hydrogen-bond donors (Lipinski definition) is 0. The second-order valence-electron chi connectivity index (χ2n) is 6.08. The minimum Gasteiger partial charge on any atom is -0.291 e. The van der Waals surface area contributed by atoms with E-state index in [2.05, 4.69) is 51.8 Å². The van der Waals surface area contributed by atoms with Crippen molar-refractivity contribution < 1.29 is 4.79 Å². The molecular formula is C14H22OSi. The third kappa shape index (κ3) is 2.86. The molecule has 0 fully saturated rings. The van der Waals surface area contributed by atoms with Gasteiger partial charge in [-0.3, -0.25) is 4.79 Å². The molecule has 0 unspecified atom stereocenters. The van der Waals surface area contributed by atoms with Gasteiger partial charge in [-0.2, -0.15) is 0 Å². The van der Waals surface area contributed by atoms with Gasteiger partial charge in [0.25, 0.3) is 0 Å². The molecule has 1 nitrogen and oxygen atoms in total. The van der Waals surface area contributed by atoms with Crippen LogP contribution < -0.4 is 0 Å². The molecule has 0 saturated heterocycles. The van der Waals surface area contributed by atoms with Crippen LogP contribution in [0.3, 0.4) is 0 Å². The molecule has 0 spiro atoms. The normalized spacial score (nSPS) is 16.4. The second-order valence-corrected chi connectivity index (χ2v) is 11.3. The zero-order valence-corrected chi connectivity index (χ0v) is 12.1. The zero-order valence-electron chi connectivity index (χ0n) is 11.1. The van der Waals surface area contributed by atoms with Crippen molar-refractivity contribution in [3.63, 3.8) is 0 Å². The lowest BCUT2D eigenvalue weighted by atomic mass is 10.2. The Balaban J connectivity index is 2.79. The molecular weight excluding hydrogens is 212 g/mol. The molecule has 88 valence electrons. The van der Waals surface area contributed by atoms with Crippen LogP contribution >= 0.6 is 0 Å².